The lowest BCUT2D eigenvalue weighted by atomic mass is 10.1. The normalized spacial score (nSPS) is 11.7. The second-order valence-corrected chi connectivity index (χ2v) is 5.85. The molecule has 5 heteroatoms. The van der Waals surface area contributed by atoms with Gasteiger partial charge in [-0.1, -0.05) is 13.0 Å². The second-order valence-electron chi connectivity index (χ2n) is 5.85. The van der Waals surface area contributed by atoms with Crippen LogP contribution in [0.2, 0.25) is 0 Å². The van der Waals surface area contributed by atoms with Crippen molar-refractivity contribution in [2.45, 2.75) is 33.3 Å². The lowest BCUT2D eigenvalue weighted by Crippen LogP contribution is -2.39. The van der Waals surface area contributed by atoms with Gasteiger partial charge in [-0.2, -0.15) is 0 Å². The number of carbonyl (C=O) groups is 1. The van der Waals surface area contributed by atoms with E-state index in [1.165, 1.54) is 35.4 Å². The van der Waals surface area contributed by atoms with Crippen molar-refractivity contribution in [3.63, 3.8) is 0 Å². The number of halogens is 1. The minimum absolute atomic E-state index is 0.212. The summed E-state index contributed by atoms with van der Waals surface area (Å²) < 4.78 is 24.2. The van der Waals surface area contributed by atoms with Crippen molar-refractivity contribution in [2.24, 2.45) is 0 Å². The summed E-state index contributed by atoms with van der Waals surface area (Å²) >= 11 is 0. The number of ether oxygens (including phenoxy) is 2. The number of benzene rings is 2. The third kappa shape index (κ3) is 5.78. The summed E-state index contributed by atoms with van der Waals surface area (Å²) in [6.07, 6.45) is -0.103. The Morgan fingerprint density at radius 3 is 2.40 bits per heavy atom. The van der Waals surface area contributed by atoms with Crippen LogP contribution in [0.1, 0.15) is 24.5 Å². The molecule has 25 heavy (non-hydrogen) atoms. The minimum Gasteiger partial charge on any atom is -0.492 e. The molecule has 0 bridgehead atoms. The van der Waals surface area contributed by atoms with Crippen molar-refractivity contribution < 1.29 is 18.7 Å². The highest BCUT2D eigenvalue weighted by Crippen LogP contribution is 2.16. The van der Waals surface area contributed by atoms with Crippen molar-refractivity contribution >= 4 is 5.91 Å². The molecule has 2 aromatic carbocycles. The fourth-order valence-electron chi connectivity index (χ4n) is 2.26. The fourth-order valence-corrected chi connectivity index (χ4v) is 2.26. The maximum Gasteiger partial charge on any atom is 0.261 e. The molecule has 0 radical (unpaired) electrons. The van der Waals surface area contributed by atoms with E-state index in [-0.39, 0.29) is 11.7 Å². The molecule has 0 aliphatic carbocycles. The van der Waals surface area contributed by atoms with Gasteiger partial charge in [0.25, 0.3) is 5.91 Å². The van der Waals surface area contributed by atoms with Crippen LogP contribution >= 0.6 is 0 Å². The van der Waals surface area contributed by atoms with Crippen molar-refractivity contribution in [3.8, 4) is 11.5 Å². The largest absolute Gasteiger partial charge is 0.492 e. The Hall–Kier alpha value is -2.56. The molecule has 0 aromatic heterocycles. The number of nitrogens with one attached hydrogen (secondary N) is 1. The summed E-state index contributed by atoms with van der Waals surface area (Å²) in [5, 5.41) is 2.80. The number of carbonyl (C=O) groups excluding carboxylic acids is 1. The molecule has 2 rings (SSSR count). The number of rotatable bonds is 8. The highest BCUT2D eigenvalue weighted by atomic mass is 19.1. The molecular weight excluding hydrogens is 321 g/mol. The van der Waals surface area contributed by atoms with E-state index in [1.54, 1.807) is 0 Å². The Balaban J connectivity index is 1.77. The van der Waals surface area contributed by atoms with E-state index in [0.717, 1.165) is 5.75 Å². The van der Waals surface area contributed by atoms with Crippen LogP contribution in [-0.4, -0.2) is 25.2 Å². The van der Waals surface area contributed by atoms with Crippen molar-refractivity contribution in [3.05, 3.63) is 59.4 Å². The molecule has 1 atom stereocenters. The summed E-state index contributed by atoms with van der Waals surface area (Å²) in [4.78, 5) is 12.2. The molecule has 1 amide bonds. The molecular formula is C20H24FNO3. The average Bonchev–Trinajstić information content (AvgIpc) is 2.61. The van der Waals surface area contributed by atoms with E-state index < -0.39 is 6.10 Å². The minimum atomic E-state index is -0.618. The maximum absolute atomic E-state index is 12.9. The van der Waals surface area contributed by atoms with Gasteiger partial charge in [-0.05, 0) is 67.8 Å². The molecule has 0 saturated heterocycles. The molecule has 0 aliphatic rings. The second kappa shape index (κ2) is 9.06. The molecule has 4 nitrogen and oxygen atoms in total. The van der Waals surface area contributed by atoms with E-state index >= 15 is 0 Å². The van der Waals surface area contributed by atoms with Crippen LogP contribution in [0.15, 0.2) is 42.5 Å². The third-order valence-electron chi connectivity index (χ3n) is 3.90. The van der Waals surface area contributed by atoms with Crippen LogP contribution in [0, 0.1) is 19.7 Å². The number of aryl methyl sites for hydroxylation is 2. The topological polar surface area (TPSA) is 47.6 Å². The van der Waals surface area contributed by atoms with Gasteiger partial charge >= 0.3 is 0 Å². The summed E-state index contributed by atoms with van der Waals surface area (Å²) in [5.74, 6) is 0.700. The average molecular weight is 345 g/mol. The smallest absolute Gasteiger partial charge is 0.261 e. The molecule has 0 spiro atoms. The Kier molecular flexibility index (Phi) is 6.81. The Morgan fingerprint density at radius 2 is 1.76 bits per heavy atom. The summed E-state index contributed by atoms with van der Waals surface area (Å²) in [5.41, 5.74) is 2.38. The van der Waals surface area contributed by atoms with Gasteiger partial charge in [0, 0.05) is 0 Å². The van der Waals surface area contributed by atoms with Gasteiger partial charge < -0.3 is 14.8 Å². The Morgan fingerprint density at radius 1 is 1.08 bits per heavy atom. The van der Waals surface area contributed by atoms with Crippen LogP contribution in [0.4, 0.5) is 4.39 Å². The third-order valence-corrected chi connectivity index (χ3v) is 3.90. The van der Waals surface area contributed by atoms with Crippen LogP contribution in [0.5, 0.6) is 11.5 Å². The van der Waals surface area contributed by atoms with Crippen LogP contribution in [0.3, 0.4) is 0 Å². The monoisotopic (exact) mass is 345 g/mol. The van der Waals surface area contributed by atoms with E-state index in [1.807, 2.05) is 39.0 Å². The number of hydrogen-bond donors (Lipinski definition) is 1. The molecule has 2 aromatic rings. The fraction of sp³-hybridized carbons (Fsp3) is 0.350. The maximum atomic E-state index is 12.9. The van der Waals surface area contributed by atoms with E-state index in [9.17, 15) is 9.18 Å². The van der Waals surface area contributed by atoms with Gasteiger partial charge in [0.05, 0.1) is 6.54 Å². The lowest BCUT2D eigenvalue weighted by Gasteiger charge is -2.17. The number of hydrogen-bond acceptors (Lipinski definition) is 3. The van der Waals surface area contributed by atoms with Crippen LogP contribution < -0.4 is 14.8 Å². The first-order chi connectivity index (χ1) is 12.0. The first-order valence-corrected chi connectivity index (χ1v) is 8.39. The molecule has 134 valence electrons. The number of amides is 1. The molecule has 0 fully saturated rings. The van der Waals surface area contributed by atoms with Gasteiger partial charge in [-0.15, -0.1) is 0 Å². The summed E-state index contributed by atoms with van der Waals surface area (Å²) in [6, 6.07) is 11.5. The van der Waals surface area contributed by atoms with Crippen molar-refractivity contribution in [2.75, 3.05) is 13.2 Å². The zero-order chi connectivity index (χ0) is 18.2. The van der Waals surface area contributed by atoms with Crippen molar-refractivity contribution in [1.29, 1.82) is 0 Å². The Bertz CT molecular complexity index is 701. The molecule has 1 N–H and O–H groups in total. The predicted octanol–water partition coefficient (Wildman–Crippen LogP) is 3.80. The molecule has 0 aliphatic heterocycles. The quantitative estimate of drug-likeness (QED) is 0.741. The summed E-state index contributed by atoms with van der Waals surface area (Å²) in [6.45, 7) is 6.70. The highest BCUT2D eigenvalue weighted by Gasteiger charge is 2.17. The lowest BCUT2D eigenvalue weighted by molar-refractivity contribution is -0.128. The zero-order valence-electron chi connectivity index (χ0n) is 14.8. The van der Waals surface area contributed by atoms with Gasteiger partial charge in [-0.3, -0.25) is 4.79 Å². The van der Waals surface area contributed by atoms with Gasteiger partial charge in [0.15, 0.2) is 6.10 Å². The Labute approximate surface area is 148 Å². The van der Waals surface area contributed by atoms with Crippen LogP contribution in [-0.2, 0) is 4.79 Å². The highest BCUT2D eigenvalue weighted by molar-refractivity contribution is 5.81. The standard InChI is InChI=1S/C20H24FNO3/c1-4-19(25-17-9-6-16(21)7-10-17)20(23)22-11-12-24-18-8-5-14(2)15(3)13-18/h5-10,13,19H,4,11-12H2,1-3H3,(H,22,23)/t19-/m0/s1. The van der Waals surface area contributed by atoms with Gasteiger partial charge in [0.1, 0.15) is 23.9 Å². The van der Waals surface area contributed by atoms with Crippen molar-refractivity contribution in [1.82, 2.24) is 5.32 Å². The molecule has 0 unspecified atom stereocenters. The van der Waals surface area contributed by atoms with E-state index in [2.05, 4.69) is 5.32 Å². The SMILES string of the molecule is CC[C@H](Oc1ccc(F)cc1)C(=O)NCCOc1ccc(C)c(C)c1. The molecule has 0 saturated carbocycles. The first-order valence-electron chi connectivity index (χ1n) is 8.39. The zero-order valence-corrected chi connectivity index (χ0v) is 14.8. The van der Waals surface area contributed by atoms with Gasteiger partial charge in [0.2, 0.25) is 0 Å². The molecule has 0 heterocycles. The van der Waals surface area contributed by atoms with Crippen LogP contribution in [0.25, 0.3) is 0 Å². The van der Waals surface area contributed by atoms with E-state index in [4.69, 9.17) is 9.47 Å². The van der Waals surface area contributed by atoms with Gasteiger partial charge in [-0.25, -0.2) is 4.39 Å². The predicted molar refractivity (Wildman–Crippen MR) is 95.5 cm³/mol. The van der Waals surface area contributed by atoms with E-state index in [0.29, 0.717) is 25.3 Å². The summed E-state index contributed by atoms with van der Waals surface area (Å²) in [7, 11) is 0. The first kappa shape index (κ1) is 18.8.